The first kappa shape index (κ1) is 17.4. The summed E-state index contributed by atoms with van der Waals surface area (Å²) in [6, 6.07) is -1.40. The zero-order chi connectivity index (χ0) is 15.0. The number of amides is 2. The number of hydrogen-bond donors (Lipinski definition) is 2. The quantitative estimate of drug-likeness (QED) is 0.469. The van der Waals surface area contributed by atoms with Crippen LogP contribution >= 0.6 is 0 Å². The third kappa shape index (κ3) is 6.19. The van der Waals surface area contributed by atoms with Gasteiger partial charge in [0.2, 0.25) is 5.91 Å². The number of nitrogens with one attached hydrogen (secondary N) is 1. The van der Waals surface area contributed by atoms with E-state index in [2.05, 4.69) is 10.1 Å². The summed E-state index contributed by atoms with van der Waals surface area (Å²) >= 11 is 0. The van der Waals surface area contributed by atoms with Gasteiger partial charge >= 0.3 is 5.97 Å². The molecular weight excluding hydrogens is 250 g/mol. The van der Waals surface area contributed by atoms with Crippen LogP contribution in [0.3, 0.4) is 0 Å². The molecule has 0 aliphatic rings. The topological polar surface area (TPSA) is 102 Å². The molecule has 1 unspecified atom stereocenters. The Balaban J connectivity index is 4.55. The van der Waals surface area contributed by atoms with Crippen LogP contribution in [0.25, 0.3) is 0 Å². The lowest BCUT2D eigenvalue weighted by Crippen LogP contribution is -2.51. The number of nitrogens with zero attached hydrogens (tertiary/aromatic N) is 1. The first-order valence-corrected chi connectivity index (χ1v) is 6.33. The summed E-state index contributed by atoms with van der Waals surface area (Å²) in [6.45, 7) is 7.29. The fraction of sp³-hybridized carbons (Fsp3) is 0.750. The number of nitrogens with two attached hydrogens (primary N) is 1. The molecule has 0 heterocycles. The van der Waals surface area contributed by atoms with Gasteiger partial charge in [-0.1, -0.05) is 0 Å². The number of rotatable bonds is 7. The van der Waals surface area contributed by atoms with Crippen molar-refractivity contribution in [2.75, 3.05) is 19.7 Å². The molecule has 7 heteroatoms. The highest BCUT2D eigenvalue weighted by atomic mass is 16.5. The summed E-state index contributed by atoms with van der Waals surface area (Å²) in [5.41, 5.74) is 5.50. The number of carbonyl (C=O) groups is 3. The Morgan fingerprint density at radius 2 is 1.84 bits per heavy atom. The fourth-order valence-electron chi connectivity index (χ4n) is 1.42. The van der Waals surface area contributed by atoms with Crippen LogP contribution in [0, 0.1) is 0 Å². The van der Waals surface area contributed by atoms with Gasteiger partial charge < -0.3 is 20.7 Å². The van der Waals surface area contributed by atoms with E-state index in [-0.39, 0.29) is 31.6 Å². The Bertz CT molecular complexity index is 331. The summed E-state index contributed by atoms with van der Waals surface area (Å²) in [5, 5.41) is 2.67. The average Bonchev–Trinajstić information content (AvgIpc) is 2.33. The Hall–Kier alpha value is -1.63. The van der Waals surface area contributed by atoms with Crippen molar-refractivity contribution in [3.63, 3.8) is 0 Å². The van der Waals surface area contributed by atoms with Gasteiger partial charge in [-0.15, -0.1) is 0 Å². The molecule has 7 nitrogen and oxygen atoms in total. The average molecular weight is 273 g/mol. The van der Waals surface area contributed by atoms with Crippen LogP contribution in [0.4, 0.5) is 0 Å². The molecule has 0 radical (unpaired) electrons. The van der Waals surface area contributed by atoms with Crippen molar-refractivity contribution < 1.29 is 19.1 Å². The van der Waals surface area contributed by atoms with Gasteiger partial charge in [0.25, 0.3) is 5.91 Å². The molecule has 0 fully saturated rings. The third-order valence-corrected chi connectivity index (χ3v) is 2.28. The van der Waals surface area contributed by atoms with E-state index >= 15 is 0 Å². The number of carbonyl (C=O) groups excluding carboxylic acids is 3. The molecule has 3 N–H and O–H groups in total. The Labute approximate surface area is 113 Å². The zero-order valence-corrected chi connectivity index (χ0v) is 11.9. The summed E-state index contributed by atoms with van der Waals surface area (Å²) < 4.78 is 4.68. The molecule has 19 heavy (non-hydrogen) atoms. The first-order chi connectivity index (χ1) is 8.83. The van der Waals surface area contributed by atoms with Crippen molar-refractivity contribution in [2.45, 2.75) is 39.8 Å². The van der Waals surface area contributed by atoms with Crippen LogP contribution in [0.5, 0.6) is 0 Å². The van der Waals surface area contributed by atoms with E-state index in [1.165, 1.54) is 4.90 Å². The lowest BCUT2D eigenvalue weighted by atomic mass is 10.2. The summed E-state index contributed by atoms with van der Waals surface area (Å²) in [6.07, 6.45) is 0. The van der Waals surface area contributed by atoms with Crippen LogP contribution in [0.1, 0.15) is 27.7 Å². The standard InChI is InChI=1S/C12H23N3O4/c1-5-15(7-9(16)14-8(3)4)11(17)10(13)12(18)19-6-2/h8,10H,5-7,13H2,1-4H3,(H,14,16). The second-order valence-corrected chi connectivity index (χ2v) is 4.30. The molecule has 0 aromatic heterocycles. The molecule has 0 saturated carbocycles. The first-order valence-electron chi connectivity index (χ1n) is 6.33. The normalized spacial score (nSPS) is 11.9. The molecule has 0 bridgehead atoms. The largest absolute Gasteiger partial charge is 0.464 e. The van der Waals surface area contributed by atoms with Crippen LogP contribution in [0.15, 0.2) is 0 Å². The lowest BCUT2D eigenvalue weighted by molar-refractivity contribution is -0.151. The minimum absolute atomic E-state index is 0.0139. The molecule has 110 valence electrons. The van der Waals surface area contributed by atoms with E-state index < -0.39 is 17.9 Å². The van der Waals surface area contributed by atoms with Crippen LogP contribution in [-0.2, 0) is 19.1 Å². The van der Waals surface area contributed by atoms with Gasteiger partial charge in [-0.05, 0) is 27.7 Å². The summed E-state index contributed by atoms with van der Waals surface area (Å²) in [7, 11) is 0. The van der Waals surface area contributed by atoms with E-state index in [9.17, 15) is 14.4 Å². The second-order valence-electron chi connectivity index (χ2n) is 4.30. The maximum absolute atomic E-state index is 11.9. The van der Waals surface area contributed by atoms with E-state index in [4.69, 9.17) is 5.73 Å². The summed E-state index contributed by atoms with van der Waals surface area (Å²) in [5.74, 6) is -1.68. The Kier molecular flexibility index (Phi) is 7.74. The summed E-state index contributed by atoms with van der Waals surface area (Å²) in [4.78, 5) is 36.1. The molecule has 2 amide bonds. The van der Waals surface area contributed by atoms with Crippen molar-refractivity contribution in [2.24, 2.45) is 5.73 Å². The van der Waals surface area contributed by atoms with Crippen molar-refractivity contribution >= 4 is 17.8 Å². The molecule has 0 aliphatic heterocycles. The van der Waals surface area contributed by atoms with Gasteiger partial charge in [0.15, 0.2) is 6.04 Å². The van der Waals surface area contributed by atoms with Gasteiger partial charge in [0.05, 0.1) is 13.2 Å². The maximum atomic E-state index is 11.9. The highest BCUT2D eigenvalue weighted by Gasteiger charge is 2.28. The smallest absolute Gasteiger partial charge is 0.332 e. The van der Waals surface area contributed by atoms with Crippen LogP contribution < -0.4 is 11.1 Å². The van der Waals surface area contributed by atoms with Crippen molar-refractivity contribution in [1.82, 2.24) is 10.2 Å². The molecule has 1 atom stereocenters. The van der Waals surface area contributed by atoms with Gasteiger partial charge in [0.1, 0.15) is 0 Å². The molecule has 0 aromatic carbocycles. The minimum Gasteiger partial charge on any atom is -0.464 e. The molecule has 0 aliphatic carbocycles. The predicted octanol–water partition coefficient (Wildman–Crippen LogP) is -0.750. The molecule has 0 saturated heterocycles. The minimum atomic E-state index is -1.38. The third-order valence-electron chi connectivity index (χ3n) is 2.28. The van der Waals surface area contributed by atoms with Crippen molar-refractivity contribution in [1.29, 1.82) is 0 Å². The number of hydrogen-bond acceptors (Lipinski definition) is 5. The molecule has 0 aromatic rings. The Morgan fingerprint density at radius 3 is 2.26 bits per heavy atom. The fourth-order valence-corrected chi connectivity index (χ4v) is 1.42. The maximum Gasteiger partial charge on any atom is 0.332 e. The van der Waals surface area contributed by atoms with Crippen LogP contribution in [-0.4, -0.2) is 54.5 Å². The Morgan fingerprint density at radius 1 is 1.26 bits per heavy atom. The van der Waals surface area contributed by atoms with E-state index in [1.807, 2.05) is 13.8 Å². The highest BCUT2D eigenvalue weighted by Crippen LogP contribution is 1.97. The lowest BCUT2D eigenvalue weighted by Gasteiger charge is -2.23. The SMILES string of the molecule is CCOC(=O)C(N)C(=O)N(CC)CC(=O)NC(C)C. The highest BCUT2D eigenvalue weighted by molar-refractivity contribution is 6.02. The molecule has 0 spiro atoms. The molecular formula is C12H23N3O4. The van der Waals surface area contributed by atoms with E-state index in [0.29, 0.717) is 0 Å². The van der Waals surface area contributed by atoms with Gasteiger partial charge in [-0.2, -0.15) is 0 Å². The number of esters is 1. The van der Waals surface area contributed by atoms with E-state index in [0.717, 1.165) is 0 Å². The monoisotopic (exact) mass is 273 g/mol. The zero-order valence-electron chi connectivity index (χ0n) is 11.9. The second kappa shape index (κ2) is 8.47. The molecule has 0 rings (SSSR count). The van der Waals surface area contributed by atoms with Gasteiger partial charge in [-0.3, -0.25) is 9.59 Å². The van der Waals surface area contributed by atoms with Gasteiger partial charge in [-0.25, -0.2) is 4.79 Å². The van der Waals surface area contributed by atoms with E-state index in [1.54, 1.807) is 13.8 Å². The number of ether oxygens (including phenoxy) is 1. The number of likely N-dealkylation sites (N-methyl/N-ethyl adjacent to an activating group) is 1. The van der Waals surface area contributed by atoms with Crippen molar-refractivity contribution in [3.05, 3.63) is 0 Å². The van der Waals surface area contributed by atoms with Crippen LogP contribution in [0.2, 0.25) is 0 Å². The van der Waals surface area contributed by atoms with Gasteiger partial charge in [0, 0.05) is 12.6 Å². The van der Waals surface area contributed by atoms with Crippen molar-refractivity contribution in [3.8, 4) is 0 Å². The predicted molar refractivity (Wildman–Crippen MR) is 70.1 cm³/mol.